The average molecular weight is 630 g/mol. The van der Waals surface area contributed by atoms with E-state index in [9.17, 15) is 18.0 Å². The van der Waals surface area contributed by atoms with Crippen molar-refractivity contribution in [3.05, 3.63) is 120 Å². The van der Waals surface area contributed by atoms with E-state index in [0.717, 1.165) is 21.9 Å². The van der Waals surface area contributed by atoms with Crippen LogP contribution in [0.15, 0.2) is 114 Å². The van der Waals surface area contributed by atoms with Crippen LogP contribution in [0.25, 0.3) is 0 Å². The van der Waals surface area contributed by atoms with Gasteiger partial charge in [0.25, 0.3) is 10.0 Å². The van der Waals surface area contributed by atoms with Crippen molar-refractivity contribution in [1.29, 1.82) is 0 Å². The second kappa shape index (κ2) is 15.8. The Labute approximate surface area is 265 Å². The largest absolute Gasteiger partial charge is 0.493 e. The number of hydrogen-bond donors (Lipinski definition) is 1. The highest BCUT2D eigenvalue weighted by molar-refractivity contribution is 7.92. The molecule has 9 nitrogen and oxygen atoms in total. The maximum absolute atomic E-state index is 14.4. The maximum Gasteiger partial charge on any atom is 0.264 e. The molecule has 10 heteroatoms. The number of amides is 2. The Bertz CT molecular complexity index is 1650. The minimum Gasteiger partial charge on any atom is -0.493 e. The van der Waals surface area contributed by atoms with Crippen LogP contribution in [0.4, 0.5) is 5.69 Å². The summed E-state index contributed by atoms with van der Waals surface area (Å²) in [6.45, 7) is 1.97. The summed E-state index contributed by atoms with van der Waals surface area (Å²) < 4.78 is 40.2. The molecule has 1 atom stereocenters. The molecule has 0 aliphatic heterocycles. The highest BCUT2D eigenvalue weighted by Gasteiger charge is 2.34. The van der Waals surface area contributed by atoms with E-state index in [2.05, 4.69) is 5.32 Å². The van der Waals surface area contributed by atoms with Gasteiger partial charge >= 0.3 is 0 Å². The molecule has 0 radical (unpaired) electrons. The Kier molecular flexibility index (Phi) is 11.6. The van der Waals surface area contributed by atoms with E-state index in [4.69, 9.17) is 9.47 Å². The Morgan fingerprint density at radius 1 is 0.778 bits per heavy atom. The minimum absolute atomic E-state index is 0.0760. The molecule has 0 aliphatic carbocycles. The topological polar surface area (TPSA) is 105 Å². The van der Waals surface area contributed by atoms with Crippen LogP contribution < -0.4 is 19.1 Å². The third kappa shape index (κ3) is 8.42. The molecule has 4 rings (SSSR count). The third-order valence-electron chi connectivity index (χ3n) is 7.28. The number of sulfonamides is 1. The summed E-state index contributed by atoms with van der Waals surface area (Å²) in [4.78, 5) is 29.5. The predicted octanol–water partition coefficient (Wildman–Crippen LogP) is 5.07. The molecular weight excluding hydrogens is 590 g/mol. The van der Waals surface area contributed by atoms with E-state index in [0.29, 0.717) is 18.0 Å². The van der Waals surface area contributed by atoms with Crippen molar-refractivity contribution in [1.82, 2.24) is 10.2 Å². The van der Waals surface area contributed by atoms with Gasteiger partial charge in [0.2, 0.25) is 11.8 Å². The molecule has 0 fully saturated rings. The first-order chi connectivity index (χ1) is 21.8. The highest BCUT2D eigenvalue weighted by Crippen LogP contribution is 2.32. The molecule has 0 aliphatic rings. The normalized spacial score (nSPS) is 11.7. The van der Waals surface area contributed by atoms with Gasteiger partial charge in [-0.15, -0.1) is 0 Å². The fourth-order valence-electron chi connectivity index (χ4n) is 4.93. The highest BCUT2D eigenvalue weighted by atomic mass is 32.2. The van der Waals surface area contributed by atoms with Gasteiger partial charge < -0.3 is 19.7 Å². The summed E-state index contributed by atoms with van der Waals surface area (Å²) in [5.41, 5.74) is 1.98. The molecule has 0 bridgehead atoms. The molecule has 45 heavy (non-hydrogen) atoms. The van der Waals surface area contributed by atoms with Gasteiger partial charge in [0.15, 0.2) is 11.5 Å². The second-order valence-corrected chi connectivity index (χ2v) is 12.2. The van der Waals surface area contributed by atoms with Crippen LogP contribution in [0.3, 0.4) is 0 Å². The number of ether oxygens (including phenoxy) is 2. The van der Waals surface area contributed by atoms with Crippen LogP contribution in [-0.4, -0.2) is 58.5 Å². The first kappa shape index (κ1) is 33.1. The molecule has 0 unspecified atom stereocenters. The quantitative estimate of drug-likeness (QED) is 0.197. The van der Waals surface area contributed by atoms with Gasteiger partial charge in [0.05, 0.1) is 24.8 Å². The Morgan fingerprint density at radius 2 is 1.36 bits per heavy atom. The standard InChI is InChI=1S/C35H39N3O6S/c1-4-22-36-35(40)31(23-27-14-8-5-9-15-27)37(25-28-16-10-6-11-17-28)34(39)26-38(29-18-12-7-13-19-29)45(41,42)30-20-21-32(43-2)33(24-30)44-3/h5-21,24,31H,4,22-23,25-26H2,1-3H3,(H,36,40)/t31-/m1/s1. The minimum atomic E-state index is -4.28. The molecule has 0 spiro atoms. The van der Waals surface area contributed by atoms with Crippen LogP contribution in [0.1, 0.15) is 24.5 Å². The van der Waals surface area contributed by atoms with Crippen molar-refractivity contribution in [2.75, 3.05) is 31.6 Å². The SMILES string of the molecule is CCCNC(=O)[C@@H](Cc1ccccc1)N(Cc1ccccc1)C(=O)CN(c1ccccc1)S(=O)(=O)c1ccc(OC)c(OC)c1. The van der Waals surface area contributed by atoms with E-state index in [-0.39, 0.29) is 29.5 Å². The lowest BCUT2D eigenvalue weighted by Crippen LogP contribution is -2.53. The first-order valence-electron chi connectivity index (χ1n) is 14.7. The zero-order chi connectivity index (χ0) is 32.2. The van der Waals surface area contributed by atoms with E-state index in [1.807, 2.05) is 67.6 Å². The van der Waals surface area contributed by atoms with E-state index < -0.39 is 28.5 Å². The number of carbonyl (C=O) groups is 2. The molecule has 0 saturated heterocycles. The lowest BCUT2D eigenvalue weighted by molar-refractivity contribution is -0.140. The molecule has 1 N–H and O–H groups in total. The molecule has 4 aromatic carbocycles. The predicted molar refractivity (Wildman–Crippen MR) is 175 cm³/mol. The van der Waals surface area contributed by atoms with Crippen molar-refractivity contribution in [3.8, 4) is 11.5 Å². The van der Waals surface area contributed by atoms with Gasteiger partial charge in [-0.25, -0.2) is 8.42 Å². The Morgan fingerprint density at radius 3 is 1.93 bits per heavy atom. The first-order valence-corrected chi connectivity index (χ1v) is 16.2. The fourth-order valence-corrected chi connectivity index (χ4v) is 6.36. The van der Waals surface area contributed by atoms with Crippen molar-refractivity contribution >= 4 is 27.5 Å². The zero-order valence-electron chi connectivity index (χ0n) is 25.8. The number of rotatable bonds is 15. The van der Waals surface area contributed by atoms with Crippen LogP contribution in [0, 0.1) is 0 Å². The third-order valence-corrected chi connectivity index (χ3v) is 9.05. The van der Waals surface area contributed by atoms with Crippen LogP contribution in [0.2, 0.25) is 0 Å². The number of carbonyl (C=O) groups excluding carboxylic acids is 2. The summed E-state index contributed by atoms with van der Waals surface area (Å²) in [5.74, 6) is -0.230. The number of nitrogens with one attached hydrogen (secondary N) is 1. The van der Waals surface area contributed by atoms with Gasteiger partial charge in [-0.2, -0.15) is 0 Å². The Balaban J connectivity index is 1.78. The second-order valence-electron chi connectivity index (χ2n) is 10.4. The molecular formula is C35H39N3O6S. The van der Waals surface area contributed by atoms with E-state index in [1.54, 1.807) is 30.3 Å². The van der Waals surface area contributed by atoms with Gasteiger partial charge in [0.1, 0.15) is 12.6 Å². The number of methoxy groups -OCH3 is 2. The molecule has 0 aromatic heterocycles. The van der Waals surface area contributed by atoms with Gasteiger partial charge in [-0.1, -0.05) is 85.8 Å². The summed E-state index contributed by atoms with van der Waals surface area (Å²) in [7, 11) is -1.40. The van der Waals surface area contributed by atoms with Gasteiger partial charge in [-0.3, -0.25) is 13.9 Å². The molecule has 236 valence electrons. The monoisotopic (exact) mass is 629 g/mol. The van der Waals surface area contributed by atoms with Crippen molar-refractivity contribution in [2.45, 2.75) is 37.2 Å². The summed E-state index contributed by atoms with van der Waals surface area (Å²) >= 11 is 0. The van der Waals surface area contributed by atoms with Crippen LogP contribution in [-0.2, 0) is 32.6 Å². The average Bonchev–Trinajstić information content (AvgIpc) is 3.08. The van der Waals surface area contributed by atoms with Gasteiger partial charge in [-0.05, 0) is 41.8 Å². The van der Waals surface area contributed by atoms with Gasteiger partial charge in [0, 0.05) is 25.6 Å². The number of anilines is 1. The Hall–Kier alpha value is -4.83. The lowest BCUT2D eigenvalue weighted by Gasteiger charge is -2.34. The smallest absolute Gasteiger partial charge is 0.264 e. The maximum atomic E-state index is 14.4. The van der Waals surface area contributed by atoms with Crippen LogP contribution in [0.5, 0.6) is 11.5 Å². The number of hydrogen-bond acceptors (Lipinski definition) is 6. The fraction of sp³-hybridized carbons (Fsp3) is 0.257. The van der Waals surface area contributed by atoms with E-state index >= 15 is 0 Å². The zero-order valence-corrected chi connectivity index (χ0v) is 26.6. The van der Waals surface area contributed by atoms with Crippen molar-refractivity contribution in [2.24, 2.45) is 0 Å². The summed E-state index contributed by atoms with van der Waals surface area (Å²) in [6, 6.07) is 30.6. The molecule has 0 saturated carbocycles. The van der Waals surface area contributed by atoms with Crippen molar-refractivity contribution in [3.63, 3.8) is 0 Å². The number of para-hydroxylation sites is 1. The van der Waals surface area contributed by atoms with Crippen LogP contribution >= 0.6 is 0 Å². The lowest BCUT2D eigenvalue weighted by atomic mass is 10.0. The summed E-state index contributed by atoms with van der Waals surface area (Å²) in [6.07, 6.45) is 0.977. The number of nitrogens with zero attached hydrogens (tertiary/aromatic N) is 2. The number of benzene rings is 4. The molecule has 0 heterocycles. The van der Waals surface area contributed by atoms with Crippen molar-refractivity contribution < 1.29 is 27.5 Å². The van der Waals surface area contributed by atoms with E-state index in [1.165, 1.54) is 37.3 Å². The molecule has 2 amide bonds. The molecule has 4 aromatic rings. The summed E-state index contributed by atoms with van der Waals surface area (Å²) in [5, 5.41) is 2.95.